The lowest BCUT2D eigenvalue weighted by Crippen LogP contribution is -2.34. The van der Waals surface area contributed by atoms with E-state index in [2.05, 4.69) is 47.1 Å². The van der Waals surface area contributed by atoms with Gasteiger partial charge < -0.3 is 40.4 Å². The van der Waals surface area contributed by atoms with Crippen molar-refractivity contribution in [3.8, 4) is 5.75 Å². The van der Waals surface area contributed by atoms with Crippen molar-refractivity contribution < 1.29 is 29.2 Å². The van der Waals surface area contributed by atoms with Crippen LogP contribution in [0.2, 0.25) is 5.02 Å². The van der Waals surface area contributed by atoms with Crippen molar-refractivity contribution in [2.75, 3.05) is 76.8 Å². The molecule has 3 atom stereocenters. The number of nitrogens with one attached hydrogen (secondary N) is 3. The molecule has 13 heteroatoms. The average Bonchev–Trinajstić information content (AvgIpc) is 3.98. The van der Waals surface area contributed by atoms with Crippen LogP contribution in [0.4, 0.5) is 11.6 Å². The number of aliphatic carboxylic acids is 1. The summed E-state index contributed by atoms with van der Waals surface area (Å²) >= 11 is 6.24. The fraction of sp³-hybridized carbons (Fsp3) is 0.638. The number of carboxylic acid groups (broad SMARTS) is 1. The number of halogens is 1. The molecule has 0 amide bonds. The van der Waals surface area contributed by atoms with Gasteiger partial charge in [0, 0.05) is 75.0 Å². The molecule has 2 saturated heterocycles. The lowest BCUT2D eigenvalue weighted by molar-refractivity contribution is -0.143. The number of aryl methyl sites for hydroxylation is 4. The van der Waals surface area contributed by atoms with Crippen molar-refractivity contribution in [2.45, 2.75) is 128 Å². The van der Waals surface area contributed by atoms with Crippen molar-refractivity contribution in [2.24, 2.45) is 0 Å². The van der Waals surface area contributed by atoms with Crippen molar-refractivity contribution in [1.82, 2.24) is 20.2 Å². The summed E-state index contributed by atoms with van der Waals surface area (Å²) in [6.45, 7) is 9.74. The second-order valence-electron chi connectivity index (χ2n) is 16.2. The number of hydrogen-bond acceptors (Lipinski definition) is 11. The molecule has 4 aliphatic rings. The minimum atomic E-state index is -0.894. The Morgan fingerprint density at radius 2 is 1.43 bits per heavy atom. The number of hydrogen-bond donors (Lipinski definition) is 5. The van der Waals surface area contributed by atoms with E-state index in [-0.39, 0.29) is 6.10 Å². The molecule has 2 fully saturated rings. The van der Waals surface area contributed by atoms with E-state index >= 15 is 0 Å². The van der Waals surface area contributed by atoms with Crippen LogP contribution in [0.1, 0.15) is 118 Å². The highest BCUT2D eigenvalue weighted by molar-refractivity contribution is 6.30. The number of fused-ring (bicyclic) bond motifs is 2. The van der Waals surface area contributed by atoms with E-state index in [0.717, 1.165) is 115 Å². The first-order valence-electron chi connectivity index (χ1n) is 22.7. The summed E-state index contributed by atoms with van der Waals surface area (Å²) in [6.07, 6.45) is 17.9. The van der Waals surface area contributed by atoms with Crippen LogP contribution in [0.25, 0.3) is 0 Å². The Morgan fingerprint density at radius 1 is 0.800 bits per heavy atom. The molecule has 0 bridgehead atoms. The summed E-state index contributed by atoms with van der Waals surface area (Å²) < 4.78 is 17.9. The smallest absolute Gasteiger partial charge is 0.325 e. The molecule has 60 heavy (non-hydrogen) atoms. The topological polar surface area (TPSA) is 150 Å². The van der Waals surface area contributed by atoms with Gasteiger partial charge in [-0.2, -0.15) is 0 Å². The Kier molecular flexibility index (Phi) is 21.2. The highest BCUT2D eigenvalue weighted by atomic mass is 35.5. The zero-order chi connectivity index (χ0) is 42.4. The number of rotatable bonds is 21. The van der Waals surface area contributed by atoms with E-state index in [9.17, 15) is 9.90 Å². The first kappa shape index (κ1) is 47.5. The number of carboxylic acids is 1. The molecule has 1 aromatic carbocycles. The average molecular weight is 852 g/mol. The predicted octanol–water partition coefficient (Wildman–Crippen LogP) is 8.04. The third-order valence-electron chi connectivity index (χ3n) is 11.6. The Morgan fingerprint density at radius 3 is 2.02 bits per heavy atom. The number of pyridine rings is 2. The van der Waals surface area contributed by atoms with Gasteiger partial charge in [0.15, 0.2) is 0 Å². The molecular weight excluding hydrogens is 780 g/mol. The number of benzene rings is 1. The summed E-state index contributed by atoms with van der Waals surface area (Å²) in [5.41, 5.74) is 5.70. The lowest BCUT2D eigenvalue weighted by atomic mass is 10.0. The summed E-state index contributed by atoms with van der Waals surface area (Å²) in [5.74, 6) is 1.89. The summed E-state index contributed by atoms with van der Waals surface area (Å²) in [4.78, 5) is 23.8. The van der Waals surface area contributed by atoms with E-state index < -0.39 is 12.0 Å². The number of anilines is 2. The third-order valence-corrected chi connectivity index (χ3v) is 11.8. The van der Waals surface area contributed by atoms with Crippen molar-refractivity contribution in [3.05, 3.63) is 75.6 Å². The van der Waals surface area contributed by atoms with Crippen LogP contribution in [0.3, 0.4) is 0 Å². The number of aliphatic hydroxyl groups is 1. The largest absolute Gasteiger partial charge is 0.493 e. The fourth-order valence-corrected chi connectivity index (χ4v) is 8.44. The van der Waals surface area contributed by atoms with Crippen molar-refractivity contribution in [3.63, 3.8) is 0 Å². The summed E-state index contributed by atoms with van der Waals surface area (Å²) in [7, 11) is 1.00. The molecule has 3 unspecified atom stereocenters. The van der Waals surface area contributed by atoms with Gasteiger partial charge in [-0.25, -0.2) is 9.97 Å². The first-order valence-corrected chi connectivity index (χ1v) is 23.1. The van der Waals surface area contributed by atoms with Gasteiger partial charge in [0.05, 0.1) is 18.8 Å². The second-order valence-corrected chi connectivity index (χ2v) is 16.6. The van der Waals surface area contributed by atoms with Crippen LogP contribution < -0.4 is 20.7 Å². The van der Waals surface area contributed by atoms with Gasteiger partial charge in [-0.3, -0.25) is 9.69 Å². The predicted molar refractivity (Wildman–Crippen MR) is 241 cm³/mol. The molecule has 332 valence electrons. The molecule has 12 nitrogen and oxygen atoms in total. The van der Waals surface area contributed by atoms with E-state index in [0.29, 0.717) is 48.7 Å². The van der Waals surface area contributed by atoms with E-state index in [4.69, 9.17) is 40.9 Å². The standard InChI is InChI=1S/C29H40ClN3O4.C17H27N3O.CH4O/c1-2-3-17-37-26-13-11-22(30)19-25(26)27(29(34)35)33-16-14-24(20-33)36-18-6-4-5-9-23-12-10-21-8-7-15-31-28(21)32-23;1(3-12-21-16-9-11-18-13-16)2-6-15-8-7-14-5-4-10-19-17(14)20-15;1-2/h10-13,19,24,27H,2-9,14-18,20H2,1H3,(H,31,32)(H,34,35);7-8,16,18H,1-6,9-13H2,(H,19,20);2H,1H3. The van der Waals surface area contributed by atoms with Gasteiger partial charge in [-0.15, -0.1) is 0 Å². The number of carbonyl (C=O) groups is 1. The number of nitrogens with zero attached hydrogens (tertiary/aromatic N) is 3. The number of aliphatic hydroxyl groups excluding tert-OH is 1. The number of ether oxygens (including phenoxy) is 3. The number of unbranched alkanes of at least 4 members (excludes halogenated alkanes) is 5. The first-order chi connectivity index (χ1) is 29.5. The van der Waals surface area contributed by atoms with Gasteiger partial charge in [0.1, 0.15) is 23.4 Å². The molecule has 2 aromatic heterocycles. The molecule has 4 aliphatic heterocycles. The maximum absolute atomic E-state index is 12.3. The van der Waals surface area contributed by atoms with Crippen molar-refractivity contribution >= 4 is 29.2 Å². The molecule has 3 aromatic rings. The van der Waals surface area contributed by atoms with Crippen LogP contribution in [0.5, 0.6) is 5.75 Å². The van der Waals surface area contributed by atoms with Crippen LogP contribution in [0, 0.1) is 0 Å². The molecule has 6 heterocycles. The number of likely N-dealkylation sites (tertiary alicyclic amines) is 1. The number of aromatic nitrogens is 2. The van der Waals surface area contributed by atoms with Gasteiger partial charge >= 0.3 is 5.97 Å². The molecule has 5 N–H and O–H groups in total. The molecular formula is C47H71ClN6O6. The van der Waals surface area contributed by atoms with Crippen molar-refractivity contribution in [1.29, 1.82) is 0 Å². The maximum atomic E-state index is 12.3. The van der Waals surface area contributed by atoms with Gasteiger partial charge in [0.25, 0.3) is 0 Å². The fourth-order valence-electron chi connectivity index (χ4n) is 8.26. The second kappa shape index (κ2) is 26.7. The summed E-state index contributed by atoms with van der Waals surface area (Å²) in [6, 6.07) is 13.3. The molecule has 0 saturated carbocycles. The van der Waals surface area contributed by atoms with E-state index in [1.807, 2.05) is 4.90 Å². The van der Waals surface area contributed by atoms with E-state index in [1.54, 1.807) is 18.2 Å². The van der Waals surface area contributed by atoms with Gasteiger partial charge in [0.2, 0.25) is 0 Å². The Bertz CT molecular complexity index is 1710. The van der Waals surface area contributed by atoms with Crippen LogP contribution in [-0.2, 0) is 40.0 Å². The lowest BCUT2D eigenvalue weighted by Gasteiger charge is -2.26. The van der Waals surface area contributed by atoms with Gasteiger partial charge in [-0.05, 0) is 131 Å². The minimum Gasteiger partial charge on any atom is -0.493 e. The van der Waals surface area contributed by atoms with E-state index in [1.165, 1.54) is 61.8 Å². The SMILES string of the molecule is CCCCOc1ccc(Cl)cc1C(C(=O)O)N1CCC(OCCCCCc2ccc3c(n2)NCCC3)C1.CO.c1cc2c(nc1CCCCCOC1CCNC1)NCCC2. The minimum absolute atomic E-state index is 0.0406. The Labute approximate surface area is 363 Å². The normalized spacial score (nSPS) is 18.7. The Hall–Kier alpha value is -3.52. The zero-order valence-corrected chi connectivity index (χ0v) is 37.0. The molecule has 0 spiro atoms. The molecule has 7 rings (SSSR count). The van der Waals surface area contributed by atoms with Gasteiger partial charge in [-0.1, -0.05) is 49.9 Å². The monoisotopic (exact) mass is 851 g/mol. The molecule has 0 radical (unpaired) electrons. The third kappa shape index (κ3) is 15.4. The summed E-state index contributed by atoms with van der Waals surface area (Å²) in [5, 5.41) is 27.8. The van der Waals surface area contributed by atoms with Crippen LogP contribution in [0.15, 0.2) is 42.5 Å². The van der Waals surface area contributed by atoms with Crippen LogP contribution in [-0.4, -0.2) is 109 Å². The maximum Gasteiger partial charge on any atom is 0.325 e. The Balaban J connectivity index is 0.000000250. The highest BCUT2D eigenvalue weighted by Gasteiger charge is 2.36. The zero-order valence-electron chi connectivity index (χ0n) is 36.2. The van der Waals surface area contributed by atoms with Crippen LogP contribution >= 0.6 is 11.6 Å². The quantitative estimate of drug-likeness (QED) is 0.0661. The highest BCUT2D eigenvalue weighted by Crippen LogP contribution is 2.35. The molecule has 0 aliphatic carbocycles.